The number of nitrogens with zero attached hydrogens (tertiary/aromatic N) is 2. The fraction of sp³-hybridized carbons (Fsp3) is 0.273. The number of esters is 1. The van der Waals surface area contributed by atoms with Crippen LogP contribution < -0.4 is 9.64 Å². The number of carbonyl (C=O) groups is 2. The van der Waals surface area contributed by atoms with Gasteiger partial charge in [-0.3, -0.25) is 4.79 Å². The quantitative estimate of drug-likeness (QED) is 0.553. The molecule has 0 bridgehead atoms. The number of anilines is 1. The highest BCUT2D eigenvalue weighted by molar-refractivity contribution is 5.89. The summed E-state index contributed by atoms with van der Waals surface area (Å²) >= 11 is 0. The van der Waals surface area contributed by atoms with Gasteiger partial charge in [0.2, 0.25) is 0 Å². The number of para-hydroxylation sites is 2. The van der Waals surface area contributed by atoms with E-state index in [9.17, 15) is 14.0 Å². The van der Waals surface area contributed by atoms with Gasteiger partial charge in [-0.1, -0.05) is 30.3 Å². The van der Waals surface area contributed by atoms with Crippen molar-refractivity contribution in [3.05, 3.63) is 66.0 Å². The van der Waals surface area contributed by atoms with Crippen LogP contribution in [0.4, 0.5) is 10.1 Å². The molecular weight excluding hydrogens is 375 g/mol. The number of methoxy groups -OCH3 is 1. The van der Waals surface area contributed by atoms with E-state index in [4.69, 9.17) is 9.47 Å². The number of carbonyl (C=O) groups excluding carboxylic acids is 2. The minimum absolute atomic E-state index is 0.266. The van der Waals surface area contributed by atoms with Crippen molar-refractivity contribution in [2.75, 3.05) is 44.8 Å². The summed E-state index contributed by atoms with van der Waals surface area (Å²) in [6.45, 7) is 1.61. The molecule has 1 aliphatic rings. The first-order valence-electron chi connectivity index (χ1n) is 9.33. The maximum Gasteiger partial charge on any atom is 0.331 e. The molecular formula is C22H23FN2O4. The van der Waals surface area contributed by atoms with Gasteiger partial charge in [0.1, 0.15) is 11.6 Å². The minimum Gasteiger partial charge on any atom is -0.496 e. The van der Waals surface area contributed by atoms with Crippen molar-refractivity contribution in [2.24, 2.45) is 0 Å². The number of piperazine rings is 1. The zero-order valence-electron chi connectivity index (χ0n) is 16.2. The number of benzene rings is 2. The molecule has 1 fully saturated rings. The van der Waals surface area contributed by atoms with Gasteiger partial charge in [0.25, 0.3) is 5.91 Å². The van der Waals surface area contributed by atoms with Gasteiger partial charge in [-0.2, -0.15) is 0 Å². The molecule has 3 rings (SSSR count). The Bertz CT molecular complexity index is 892. The van der Waals surface area contributed by atoms with Crippen LogP contribution in [0.3, 0.4) is 0 Å². The van der Waals surface area contributed by atoms with Crippen LogP contribution in [0.15, 0.2) is 54.6 Å². The van der Waals surface area contributed by atoms with Crippen LogP contribution in [-0.4, -0.2) is 56.7 Å². The van der Waals surface area contributed by atoms with E-state index in [1.165, 1.54) is 12.1 Å². The molecule has 6 nitrogen and oxygen atoms in total. The molecule has 1 heterocycles. The summed E-state index contributed by atoms with van der Waals surface area (Å²) in [4.78, 5) is 27.7. The van der Waals surface area contributed by atoms with Crippen LogP contribution in [0.1, 0.15) is 5.56 Å². The van der Waals surface area contributed by atoms with Crippen molar-refractivity contribution in [1.29, 1.82) is 0 Å². The molecule has 1 amide bonds. The lowest BCUT2D eigenvalue weighted by Crippen LogP contribution is -2.50. The lowest BCUT2D eigenvalue weighted by atomic mass is 10.2. The third-order valence-electron chi connectivity index (χ3n) is 4.70. The summed E-state index contributed by atoms with van der Waals surface area (Å²) in [5.41, 5.74) is 1.27. The van der Waals surface area contributed by atoms with E-state index >= 15 is 0 Å². The Morgan fingerprint density at radius 1 is 1.03 bits per heavy atom. The highest BCUT2D eigenvalue weighted by atomic mass is 19.1. The second-order valence-corrected chi connectivity index (χ2v) is 6.50. The maximum atomic E-state index is 13.9. The molecule has 0 aliphatic carbocycles. The van der Waals surface area contributed by atoms with Gasteiger partial charge in [-0.15, -0.1) is 0 Å². The zero-order valence-corrected chi connectivity index (χ0v) is 16.2. The molecule has 7 heteroatoms. The fourth-order valence-electron chi connectivity index (χ4n) is 3.14. The maximum absolute atomic E-state index is 13.9. The molecule has 152 valence electrons. The molecule has 1 aliphatic heterocycles. The molecule has 0 atom stereocenters. The van der Waals surface area contributed by atoms with Crippen molar-refractivity contribution in [3.63, 3.8) is 0 Å². The topological polar surface area (TPSA) is 59.1 Å². The number of ether oxygens (including phenoxy) is 2. The van der Waals surface area contributed by atoms with Crippen LogP contribution in [0.25, 0.3) is 6.08 Å². The fourth-order valence-corrected chi connectivity index (χ4v) is 3.14. The van der Waals surface area contributed by atoms with Gasteiger partial charge < -0.3 is 19.3 Å². The average molecular weight is 398 g/mol. The highest BCUT2D eigenvalue weighted by Gasteiger charge is 2.23. The number of amides is 1. The third-order valence-corrected chi connectivity index (χ3v) is 4.70. The molecule has 0 radical (unpaired) electrons. The van der Waals surface area contributed by atoms with E-state index < -0.39 is 5.97 Å². The summed E-state index contributed by atoms with van der Waals surface area (Å²) in [7, 11) is 1.55. The number of halogens is 1. The van der Waals surface area contributed by atoms with Crippen LogP contribution in [0.2, 0.25) is 0 Å². The Kier molecular flexibility index (Phi) is 6.84. The van der Waals surface area contributed by atoms with E-state index in [1.807, 2.05) is 23.1 Å². The summed E-state index contributed by atoms with van der Waals surface area (Å²) in [6.07, 6.45) is 2.85. The first-order chi connectivity index (χ1) is 14.1. The number of rotatable bonds is 6. The molecule has 2 aromatic rings. The van der Waals surface area contributed by atoms with Crippen molar-refractivity contribution in [3.8, 4) is 5.75 Å². The summed E-state index contributed by atoms with van der Waals surface area (Å²) in [6, 6.07) is 13.8. The number of hydrogen-bond acceptors (Lipinski definition) is 5. The van der Waals surface area contributed by atoms with Crippen molar-refractivity contribution in [1.82, 2.24) is 4.90 Å². The summed E-state index contributed by atoms with van der Waals surface area (Å²) < 4.78 is 24.2. The van der Waals surface area contributed by atoms with E-state index in [0.717, 1.165) is 5.56 Å². The largest absolute Gasteiger partial charge is 0.496 e. The van der Waals surface area contributed by atoms with E-state index in [0.29, 0.717) is 37.6 Å². The standard InChI is InChI=1S/C22H23FN2O4/c1-28-20-9-5-2-6-17(20)10-11-22(27)29-16-21(26)25-14-12-24(13-15-25)19-8-4-3-7-18(19)23/h2-11H,12-16H2,1H3/b11-10+. The predicted molar refractivity (Wildman–Crippen MR) is 108 cm³/mol. The van der Waals surface area contributed by atoms with Gasteiger partial charge in [-0.25, -0.2) is 9.18 Å². The van der Waals surface area contributed by atoms with Crippen molar-refractivity contribution >= 4 is 23.6 Å². The van der Waals surface area contributed by atoms with Crippen molar-refractivity contribution in [2.45, 2.75) is 0 Å². The van der Waals surface area contributed by atoms with E-state index in [1.54, 1.807) is 42.4 Å². The van der Waals surface area contributed by atoms with E-state index in [-0.39, 0.29) is 18.3 Å². The Hall–Kier alpha value is -3.35. The molecule has 0 spiro atoms. The normalized spacial score (nSPS) is 14.1. The summed E-state index contributed by atoms with van der Waals surface area (Å²) in [5, 5.41) is 0. The lowest BCUT2D eigenvalue weighted by Gasteiger charge is -2.36. The van der Waals surface area contributed by atoms with Crippen LogP contribution in [0.5, 0.6) is 5.75 Å². The summed E-state index contributed by atoms with van der Waals surface area (Å²) in [5.74, 6) is -0.505. The molecule has 0 N–H and O–H groups in total. The second kappa shape index (κ2) is 9.73. The van der Waals surface area contributed by atoms with Crippen LogP contribution in [-0.2, 0) is 14.3 Å². The molecule has 0 aromatic heterocycles. The Balaban J connectivity index is 1.46. The van der Waals surface area contributed by atoms with E-state index in [2.05, 4.69) is 0 Å². The lowest BCUT2D eigenvalue weighted by molar-refractivity contribution is -0.148. The zero-order chi connectivity index (χ0) is 20.6. The van der Waals surface area contributed by atoms with Crippen LogP contribution >= 0.6 is 0 Å². The SMILES string of the molecule is COc1ccccc1/C=C/C(=O)OCC(=O)N1CCN(c2ccccc2F)CC1. The highest BCUT2D eigenvalue weighted by Crippen LogP contribution is 2.20. The third kappa shape index (κ3) is 5.34. The van der Waals surface area contributed by atoms with Gasteiger partial charge in [0.05, 0.1) is 12.8 Å². The monoisotopic (exact) mass is 398 g/mol. The van der Waals surface area contributed by atoms with Crippen LogP contribution in [0, 0.1) is 5.82 Å². The van der Waals surface area contributed by atoms with Gasteiger partial charge in [0.15, 0.2) is 6.61 Å². The smallest absolute Gasteiger partial charge is 0.331 e. The van der Waals surface area contributed by atoms with Gasteiger partial charge >= 0.3 is 5.97 Å². The molecule has 29 heavy (non-hydrogen) atoms. The Morgan fingerprint density at radius 3 is 2.45 bits per heavy atom. The molecule has 1 saturated heterocycles. The van der Waals surface area contributed by atoms with Gasteiger partial charge in [0, 0.05) is 37.8 Å². The van der Waals surface area contributed by atoms with Crippen molar-refractivity contribution < 1.29 is 23.5 Å². The Morgan fingerprint density at radius 2 is 1.72 bits per heavy atom. The first-order valence-corrected chi connectivity index (χ1v) is 9.33. The molecule has 0 saturated carbocycles. The predicted octanol–water partition coefficient (Wildman–Crippen LogP) is 2.74. The van der Waals surface area contributed by atoms with Gasteiger partial charge in [-0.05, 0) is 24.3 Å². The molecule has 0 unspecified atom stereocenters. The molecule has 2 aromatic carbocycles. The average Bonchev–Trinajstić information content (AvgIpc) is 2.76. The first kappa shape index (κ1) is 20.4. The minimum atomic E-state index is -0.603. The Labute approximate surface area is 169 Å². The number of hydrogen-bond donors (Lipinski definition) is 0. The second-order valence-electron chi connectivity index (χ2n) is 6.50.